The molecule has 0 aliphatic heterocycles. The maximum atomic E-state index is 12.5. The number of nitrogens with one attached hydrogen (secondary N) is 1. The number of hydrogen-bond donors (Lipinski definition) is 3. The van der Waals surface area contributed by atoms with Crippen LogP contribution in [0.1, 0.15) is 386 Å². The van der Waals surface area contributed by atoms with E-state index in [1.807, 2.05) is 0 Å². The molecule has 3 N–H and O–H groups in total. The van der Waals surface area contributed by atoms with E-state index in [4.69, 9.17) is 4.74 Å². The van der Waals surface area contributed by atoms with Gasteiger partial charge in [0, 0.05) is 12.8 Å². The molecule has 2 unspecified atom stereocenters. The van der Waals surface area contributed by atoms with Crippen LogP contribution < -0.4 is 5.32 Å². The number of amides is 1. The summed E-state index contributed by atoms with van der Waals surface area (Å²) in [6, 6.07) is -0.541. The molecular weight excluding hydrogens is 935 g/mol. The van der Waals surface area contributed by atoms with Crippen molar-refractivity contribution < 1.29 is 24.5 Å². The summed E-state index contributed by atoms with van der Waals surface area (Å²) in [6.45, 7) is 4.97. The highest BCUT2D eigenvalue weighted by molar-refractivity contribution is 5.76. The van der Waals surface area contributed by atoms with Gasteiger partial charge in [-0.15, -0.1) is 0 Å². The van der Waals surface area contributed by atoms with E-state index < -0.39 is 12.1 Å². The third-order valence-corrected chi connectivity index (χ3v) is 16.2. The third-order valence-electron chi connectivity index (χ3n) is 16.2. The van der Waals surface area contributed by atoms with Gasteiger partial charge in [-0.3, -0.25) is 9.59 Å². The van der Waals surface area contributed by atoms with Crippen LogP contribution in [-0.4, -0.2) is 47.4 Å². The lowest BCUT2D eigenvalue weighted by Gasteiger charge is -2.22. The van der Waals surface area contributed by atoms with E-state index in [9.17, 15) is 19.8 Å². The van der Waals surface area contributed by atoms with Gasteiger partial charge < -0.3 is 20.3 Å². The van der Waals surface area contributed by atoms with E-state index in [0.717, 1.165) is 44.9 Å². The van der Waals surface area contributed by atoms with Crippen molar-refractivity contribution in [2.75, 3.05) is 13.2 Å². The second-order valence-corrected chi connectivity index (χ2v) is 23.9. The predicted molar refractivity (Wildman–Crippen MR) is 333 cm³/mol. The maximum absolute atomic E-state index is 12.5. The molecule has 0 aromatic rings. The minimum absolute atomic E-state index is 0.00850. The average molecular weight is 1070 g/mol. The molecule has 0 saturated carbocycles. The van der Waals surface area contributed by atoms with Crippen molar-refractivity contribution in [3.63, 3.8) is 0 Å². The summed E-state index contributed by atoms with van der Waals surface area (Å²) in [5.41, 5.74) is 0. The number of ether oxygens (including phenoxy) is 1. The van der Waals surface area contributed by atoms with E-state index in [-0.39, 0.29) is 18.5 Å². The Hall–Kier alpha value is -1.66. The van der Waals surface area contributed by atoms with Crippen LogP contribution in [0.2, 0.25) is 0 Å². The maximum Gasteiger partial charge on any atom is 0.305 e. The first-order valence-electron chi connectivity index (χ1n) is 34.6. The Morgan fingerprint density at radius 2 is 0.618 bits per heavy atom. The molecule has 0 aromatic heterocycles. The predicted octanol–water partition coefficient (Wildman–Crippen LogP) is 22.1. The second-order valence-electron chi connectivity index (χ2n) is 23.9. The first kappa shape index (κ1) is 74.3. The molecule has 0 fully saturated rings. The van der Waals surface area contributed by atoms with Crippen LogP contribution in [-0.2, 0) is 14.3 Å². The summed E-state index contributed by atoms with van der Waals surface area (Å²) in [6.07, 6.45) is 82.2. The van der Waals surface area contributed by atoms with Gasteiger partial charge in [0.1, 0.15) is 0 Å². The lowest BCUT2D eigenvalue weighted by molar-refractivity contribution is -0.143. The van der Waals surface area contributed by atoms with Crippen LogP contribution in [0, 0.1) is 0 Å². The minimum atomic E-state index is -0.663. The number of carbonyl (C=O) groups is 2. The van der Waals surface area contributed by atoms with E-state index in [2.05, 4.69) is 43.5 Å². The fraction of sp³-hybridized carbons (Fsp3) is 0.914. The lowest BCUT2D eigenvalue weighted by atomic mass is 10.0. The zero-order valence-electron chi connectivity index (χ0n) is 51.5. The van der Waals surface area contributed by atoms with Crippen LogP contribution in [0.3, 0.4) is 0 Å². The monoisotopic (exact) mass is 1070 g/mol. The average Bonchev–Trinajstić information content (AvgIpc) is 3.42. The molecule has 76 heavy (non-hydrogen) atoms. The van der Waals surface area contributed by atoms with Crippen molar-refractivity contribution in [1.82, 2.24) is 5.32 Å². The van der Waals surface area contributed by atoms with Crippen LogP contribution in [0.4, 0.5) is 0 Å². The molecule has 0 radical (unpaired) electrons. The van der Waals surface area contributed by atoms with Gasteiger partial charge in [-0.1, -0.05) is 321 Å². The lowest BCUT2D eigenvalue weighted by Crippen LogP contribution is -2.45. The fourth-order valence-electron chi connectivity index (χ4n) is 10.9. The molecule has 0 spiro atoms. The molecule has 0 bridgehead atoms. The SMILES string of the molecule is CCCCCCC/C=C\CCCCCCCC(=O)OCCCCCCCCCCCCCC/C=C\CCCCCCCCCCCCCCCC(=O)NC(CO)C(O)CCCCCCCCCCCCCCCCCC. The summed E-state index contributed by atoms with van der Waals surface area (Å²) >= 11 is 0. The Morgan fingerprint density at radius 1 is 0.355 bits per heavy atom. The standard InChI is InChI=1S/C70H135NO5/c1-3-5-7-9-11-13-15-17-19-35-38-42-46-50-54-58-62-68(73)67(66-72)71-69(74)63-59-55-51-47-43-39-36-33-31-29-27-25-23-21-20-22-24-26-28-30-32-34-37-41-45-49-53-57-61-65-76-70(75)64-60-56-52-48-44-40-18-16-14-12-10-8-6-4-2/h16,18,20,22,67-68,72-73H,3-15,17,19,21,23-66H2,1-2H3,(H,71,74)/b18-16-,22-20-. The molecule has 6 heteroatoms. The molecule has 0 heterocycles. The topological polar surface area (TPSA) is 95.9 Å². The first-order chi connectivity index (χ1) is 37.5. The smallest absolute Gasteiger partial charge is 0.305 e. The molecule has 0 aromatic carbocycles. The van der Waals surface area contributed by atoms with Crippen molar-refractivity contribution in [3.05, 3.63) is 24.3 Å². The van der Waals surface area contributed by atoms with Crippen molar-refractivity contribution >= 4 is 11.9 Å². The van der Waals surface area contributed by atoms with Crippen molar-refractivity contribution in [2.24, 2.45) is 0 Å². The van der Waals surface area contributed by atoms with Gasteiger partial charge in [0.25, 0.3) is 0 Å². The van der Waals surface area contributed by atoms with Gasteiger partial charge in [0.15, 0.2) is 0 Å². The van der Waals surface area contributed by atoms with Gasteiger partial charge in [-0.2, -0.15) is 0 Å². The highest BCUT2D eigenvalue weighted by Gasteiger charge is 2.20. The number of hydrogen-bond acceptors (Lipinski definition) is 5. The van der Waals surface area contributed by atoms with E-state index in [1.165, 1.54) is 308 Å². The number of aliphatic hydroxyl groups excluding tert-OH is 2. The van der Waals surface area contributed by atoms with Gasteiger partial charge in [0.05, 0.1) is 25.4 Å². The molecule has 0 aliphatic carbocycles. The Labute approximate surface area is 475 Å². The van der Waals surface area contributed by atoms with Crippen molar-refractivity contribution in [3.8, 4) is 0 Å². The Balaban J connectivity index is 3.37. The normalized spacial score (nSPS) is 12.6. The zero-order chi connectivity index (χ0) is 55.0. The molecule has 0 aliphatic rings. The molecular formula is C70H135NO5. The second kappa shape index (κ2) is 65.9. The van der Waals surface area contributed by atoms with E-state index in [0.29, 0.717) is 25.9 Å². The Kier molecular flexibility index (Phi) is 64.4. The van der Waals surface area contributed by atoms with Gasteiger partial charge in [0.2, 0.25) is 5.91 Å². The number of aliphatic hydroxyl groups is 2. The molecule has 2 atom stereocenters. The number of allylic oxidation sites excluding steroid dienone is 4. The van der Waals surface area contributed by atoms with Gasteiger partial charge in [-0.05, 0) is 77.0 Å². The first-order valence-corrected chi connectivity index (χ1v) is 34.6. The molecule has 1 amide bonds. The largest absolute Gasteiger partial charge is 0.466 e. The van der Waals surface area contributed by atoms with Crippen molar-refractivity contribution in [2.45, 2.75) is 398 Å². The summed E-state index contributed by atoms with van der Waals surface area (Å²) in [7, 11) is 0. The molecule has 450 valence electrons. The summed E-state index contributed by atoms with van der Waals surface area (Å²) < 4.78 is 5.48. The molecule has 0 saturated heterocycles. The summed E-state index contributed by atoms with van der Waals surface area (Å²) in [5.74, 6) is -0.0226. The highest BCUT2D eigenvalue weighted by Crippen LogP contribution is 2.18. The molecule has 0 rings (SSSR count). The number of rotatable bonds is 65. The van der Waals surface area contributed by atoms with Crippen LogP contribution in [0.15, 0.2) is 24.3 Å². The van der Waals surface area contributed by atoms with Crippen LogP contribution in [0.25, 0.3) is 0 Å². The Bertz CT molecular complexity index is 1190. The Morgan fingerprint density at radius 3 is 0.934 bits per heavy atom. The zero-order valence-corrected chi connectivity index (χ0v) is 51.5. The number of carbonyl (C=O) groups excluding carboxylic acids is 2. The van der Waals surface area contributed by atoms with E-state index >= 15 is 0 Å². The van der Waals surface area contributed by atoms with Gasteiger partial charge >= 0.3 is 5.97 Å². The van der Waals surface area contributed by atoms with E-state index in [1.54, 1.807) is 0 Å². The highest BCUT2D eigenvalue weighted by atomic mass is 16.5. The molecule has 6 nitrogen and oxygen atoms in total. The summed E-state index contributed by atoms with van der Waals surface area (Å²) in [4.78, 5) is 24.6. The minimum Gasteiger partial charge on any atom is -0.466 e. The van der Waals surface area contributed by atoms with Gasteiger partial charge in [-0.25, -0.2) is 0 Å². The summed E-state index contributed by atoms with van der Waals surface area (Å²) in [5, 5.41) is 23.3. The third kappa shape index (κ3) is 61.6. The quantitative estimate of drug-likeness (QED) is 0.0320. The van der Waals surface area contributed by atoms with Crippen molar-refractivity contribution in [1.29, 1.82) is 0 Å². The fourth-order valence-corrected chi connectivity index (χ4v) is 10.9. The van der Waals surface area contributed by atoms with Crippen LogP contribution >= 0.6 is 0 Å². The number of unbranched alkanes of at least 4 members (excludes halogenated alkanes) is 50. The van der Waals surface area contributed by atoms with Crippen LogP contribution in [0.5, 0.6) is 0 Å². The number of esters is 1.